The molecule has 1 aromatic carbocycles. The molecule has 0 radical (unpaired) electrons. The molecule has 1 atom stereocenters. The second-order valence-corrected chi connectivity index (χ2v) is 8.50. The summed E-state index contributed by atoms with van der Waals surface area (Å²) in [6.45, 7) is 5.68. The van der Waals surface area contributed by atoms with Crippen molar-refractivity contribution < 1.29 is 17.9 Å². The van der Waals surface area contributed by atoms with Crippen molar-refractivity contribution in [2.24, 2.45) is 5.41 Å². The average molecular weight is 321 g/mol. The summed E-state index contributed by atoms with van der Waals surface area (Å²) < 4.78 is 32.0. The monoisotopic (exact) mass is 321 g/mol. The second-order valence-electron chi connectivity index (χ2n) is 6.66. The second kappa shape index (κ2) is 4.84. The molecule has 0 unspecified atom stereocenters. The van der Waals surface area contributed by atoms with Crippen molar-refractivity contribution in [1.82, 2.24) is 4.31 Å². The molecule has 22 heavy (non-hydrogen) atoms. The first-order chi connectivity index (χ1) is 10.2. The number of sulfonamides is 1. The Hall–Kier alpha value is -1.82. The molecule has 0 amide bonds. The van der Waals surface area contributed by atoms with Crippen molar-refractivity contribution in [1.29, 1.82) is 0 Å². The SMILES string of the molecule is CC(C)(C)C(=O)OCC1=C[C@@H]2CN1S(=O)(=O)c1ccccc12. The van der Waals surface area contributed by atoms with Crippen LogP contribution in [0.25, 0.3) is 0 Å². The van der Waals surface area contributed by atoms with Crippen LogP contribution in [-0.2, 0) is 19.6 Å². The highest BCUT2D eigenvalue weighted by Crippen LogP contribution is 2.41. The Balaban J connectivity index is 1.87. The summed E-state index contributed by atoms with van der Waals surface area (Å²) in [5, 5.41) is 0. The smallest absolute Gasteiger partial charge is 0.311 e. The Morgan fingerprint density at radius 2 is 2.00 bits per heavy atom. The fraction of sp³-hybridized carbons (Fsp3) is 0.438. The van der Waals surface area contributed by atoms with Crippen LogP contribution in [0.2, 0.25) is 0 Å². The Labute approximate surface area is 130 Å². The standard InChI is InChI=1S/C16H19NO4S/c1-16(2,3)15(18)21-10-12-8-11-9-17(12)22(19,20)14-7-5-4-6-13(11)14/h4-8,11H,9-10H2,1-3H3/t11-/m1/s1. The number of carbonyl (C=O) groups excluding carboxylic acids is 1. The van der Waals surface area contributed by atoms with Crippen LogP contribution in [0.3, 0.4) is 0 Å². The third kappa shape index (κ3) is 2.31. The number of hydrogen-bond acceptors (Lipinski definition) is 4. The molecule has 2 aliphatic heterocycles. The van der Waals surface area contributed by atoms with E-state index in [0.29, 0.717) is 17.1 Å². The molecule has 2 heterocycles. The van der Waals surface area contributed by atoms with E-state index in [0.717, 1.165) is 5.56 Å². The lowest BCUT2D eigenvalue weighted by molar-refractivity contribution is -0.152. The van der Waals surface area contributed by atoms with Crippen LogP contribution in [0.15, 0.2) is 40.9 Å². The number of ether oxygens (including phenoxy) is 1. The maximum atomic E-state index is 12.7. The number of nitrogens with zero attached hydrogens (tertiary/aromatic N) is 1. The van der Waals surface area contributed by atoms with E-state index >= 15 is 0 Å². The molecule has 0 spiro atoms. The lowest BCUT2D eigenvalue weighted by Gasteiger charge is -2.29. The zero-order chi connectivity index (χ0) is 16.1. The van der Waals surface area contributed by atoms with Gasteiger partial charge in [-0.15, -0.1) is 0 Å². The van der Waals surface area contributed by atoms with Gasteiger partial charge in [-0.2, -0.15) is 0 Å². The zero-order valence-electron chi connectivity index (χ0n) is 12.9. The molecule has 3 rings (SSSR count). The zero-order valence-corrected chi connectivity index (χ0v) is 13.7. The largest absolute Gasteiger partial charge is 0.459 e. The highest BCUT2D eigenvalue weighted by atomic mass is 32.2. The van der Waals surface area contributed by atoms with Crippen LogP contribution in [0, 0.1) is 5.41 Å². The van der Waals surface area contributed by atoms with Crippen molar-refractivity contribution in [2.45, 2.75) is 31.6 Å². The molecule has 0 N–H and O–H groups in total. The van der Waals surface area contributed by atoms with E-state index in [1.54, 1.807) is 32.9 Å². The van der Waals surface area contributed by atoms with E-state index in [9.17, 15) is 13.2 Å². The molecule has 6 heteroatoms. The first-order valence-electron chi connectivity index (χ1n) is 7.21. The highest BCUT2D eigenvalue weighted by Gasteiger charge is 2.42. The molecule has 5 nitrogen and oxygen atoms in total. The maximum absolute atomic E-state index is 12.7. The van der Waals surface area contributed by atoms with Gasteiger partial charge in [-0.25, -0.2) is 8.42 Å². The van der Waals surface area contributed by atoms with Crippen LogP contribution < -0.4 is 0 Å². The van der Waals surface area contributed by atoms with Gasteiger partial charge >= 0.3 is 5.97 Å². The van der Waals surface area contributed by atoms with Crippen molar-refractivity contribution in [3.05, 3.63) is 41.6 Å². The summed E-state index contributed by atoms with van der Waals surface area (Å²) >= 11 is 0. The quantitative estimate of drug-likeness (QED) is 0.784. The van der Waals surface area contributed by atoms with Gasteiger partial charge in [0.15, 0.2) is 0 Å². The lowest BCUT2D eigenvalue weighted by Crippen LogP contribution is -2.35. The van der Waals surface area contributed by atoms with Crippen LogP contribution in [0.4, 0.5) is 0 Å². The summed E-state index contributed by atoms with van der Waals surface area (Å²) in [5.41, 5.74) is 0.750. The predicted octanol–water partition coefficient (Wildman–Crippen LogP) is 2.26. The number of esters is 1. The van der Waals surface area contributed by atoms with E-state index in [2.05, 4.69) is 0 Å². The van der Waals surface area contributed by atoms with Gasteiger partial charge in [0.05, 0.1) is 16.0 Å². The van der Waals surface area contributed by atoms with Crippen LogP contribution in [-0.4, -0.2) is 31.8 Å². The van der Waals surface area contributed by atoms with E-state index < -0.39 is 15.4 Å². The van der Waals surface area contributed by atoms with Gasteiger partial charge in [-0.05, 0) is 32.4 Å². The topological polar surface area (TPSA) is 63.7 Å². The predicted molar refractivity (Wildman–Crippen MR) is 81.6 cm³/mol. The molecule has 2 aliphatic rings. The lowest BCUT2D eigenvalue weighted by atomic mass is 9.97. The Morgan fingerprint density at radius 3 is 2.68 bits per heavy atom. The van der Waals surface area contributed by atoms with Gasteiger partial charge in [-0.1, -0.05) is 24.3 Å². The molecule has 118 valence electrons. The highest BCUT2D eigenvalue weighted by molar-refractivity contribution is 7.89. The minimum Gasteiger partial charge on any atom is -0.459 e. The van der Waals surface area contributed by atoms with Crippen molar-refractivity contribution >= 4 is 16.0 Å². The third-order valence-corrected chi connectivity index (χ3v) is 5.82. The number of hydrogen-bond donors (Lipinski definition) is 0. The third-order valence-electron chi connectivity index (χ3n) is 3.93. The average Bonchev–Trinajstić information content (AvgIpc) is 2.84. The molecule has 0 fully saturated rings. The minimum absolute atomic E-state index is 0.0141. The van der Waals surface area contributed by atoms with Gasteiger partial charge < -0.3 is 4.74 Å². The van der Waals surface area contributed by atoms with Gasteiger partial charge in [-0.3, -0.25) is 9.10 Å². The normalized spacial score (nSPS) is 22.0. The maximum Gasteiger partial charge on any atom is 0.311 e. The molecule has 0 aliphatic carbocycles. The van der Waals surface area contributed by atoms with Crippen LogP contribution in [0.5, 0.6) is 0 Å². The van der Waals surface area contributed by atoms with Gasteiger partial charge in [0.2, 0.25) is 0 Å². The van der Waals surface area contributed by atoms with Crippen LogP contribution in [0.1, 0.15) is 32.3 Å². The Morgan fingerprint density at radius 1 is 1.32 bits per heavy atom. The summed E-state index contributed by atoms with van der Waals surface area (Å²) in [7, 11) is -3.55. The van der Waals surface area contributed by atoms with Gasteiger partial charge in [0, 0.05) is 12.5 Å². The van der Waals surface area contributed by atoms with E-state index in [-0.39, 0.29) is 18.5 Å². The fourth-order valence-electron chi connectivity index (χ4n) is 2.72. The van der Waals surface area contributed by atoms with Gasteiger partial charge in [0.1, 0.15) is 6.61 Å². The molecule has 0 saturated carbocycles. The van der Waals surface area contributed by atoms with E-state index in [4.69, 9.17) is 4.74 Å². The summed E-state index contributed by atoms with van der Waals surface area (Å²) in [4.78, 5) is 12.2. The number of carbonyl (C=O) groups is 1. The fourth-order valence-corrected chi connectivity index (χ4v) is 4.51. The Kier molecular flexibility index (Phi) is 3.32. The summed E-state index contributed by atoms with van der Waals surface area (Å²) in [5.74, 6) is -0.311. The molecule has 0 aromatic heterocycles. The first-order valence-corrected chi connectivity index (χ1v) is 8.65. The first kappa shape index (κ1) is 15.1. The van der Waals surface area contributed by atoms with Crippen molar-refractivity contribution in [3.8, 4) is 0 Å². The van der Waals surface area contributed by atoms with Crippen LogP contribution >= 0.6 is 0 Å². The Bertz CT molecular complexity index is 759. The molecule has 0 saturated heterocycles. The van der Waals surface area contributed by atoms with Crippen molar-refractivity contribution in [2.75, 3.05) is 13.2 Å². The summed E-state index contributed by atoms with van der Waals surface area (Å²) in [6, 6.07) is 7.04. The summed E-state index contributed by atoms with van der Waals surface area (Å²) in [6.07, 6.45) is 1.89. The molecule has 2 bridgehead atoms. The minimum atomic E-state index is -3.55. The van der Waals surface area contributed by atoms with Crippen molar-refractivity contribution in [3.63, 3.8) is 0 Å². The molecular formula is C16H19NO4S. The number of rotatable bonds is 2. The molecular weight excluding hydrogens is 302 g/mol. The van der Waals surface area contributed by atoms with Gasteiger partial charge in [0.25, 0.3) is 10.0 Å². The number of fused-ring (bicyclic) bond motifs is 4. The molecule has 1 aromatic rings. The van der Waals surface area contributed by atoms with E-state index in [1.807, 2.05) is 18.2 Å². The number of benzene rings is 1. The van der Waals surface area contributed by atoms with E-state index in [1.165, 1.54) is 4.31 Å².